The summed E-state index contributed by atoms with van der Waals surface area (Å²) in [7, 11) is 3.65. The van der Waals surface area contributed by atoms with Crippen molar-refractivity contribution in [2.75, 3.05) is 66.2 Å². The minimum atomic E-state index is -0.430. The Balaban J connectivity index is 1.41. The van der Waals surface area contributed by atoms with Crippen LogP contribution < -0.4 is 4.74 Å². The van der Waals surface area contributed by atoms with Crippen molar-refractivity contribution in [1.82, 2.24) is 19.3 Å². The smallest absolute Gasteiger partial charge is 0.237 e. The molecule has 1 aliphatic carbocycles. The second-order valence-corrected chi connectivity index (χ2v) is 10.6. The molecule has 6 rings (SSSR count). The van der Waals surface area contributed by atoms with Crippen LogP contribution in [0.3, 0.4) is 0 Å². The zero-order valence-electron chi connectivity index (χ0n) is 20.5. The molecule has 1 aromatic carbocycles. The monoisotopic (exact) mass is 482 g/mol. The summed E-state index contributed by atoms with van der Waals surface area (Å²) in [6, 6.07) is 5.63. The molecule has 1 spiro atoms. The van der Waals surface area contributed by atoms with Gasteiger partial charge in [0.15, 0.2) is 0 Å². The minimum Gasteiger partial charge on any atom is -0.497 e. The van der Waals surface area contributed by atoms with Crippen molar-refractivity contribution in [3.05, 3.63) is 29.5 Å². The average Bonchev–Trinajstić information content (AvgIpc) is 3.67. The van der Waals surface area contributed by atoms with Crippen molar-refractivity contribution in [3.63, 3.8) is 0 Å². The van der Waals surface area contributed by atoms with Crippen LogP contribution in [0.1, 0.15) is 30.1 Å². The Kier molecular flexibility index (Phi) is 5.54. The number of fused-ring (bicyclic) bond motifs is 4. The maximum atomic E-state index is 13.7. The zero-order chi connectivity index (χ0) is 24.3. The highest BCUT2D eigenvalue weighted by Gasteiger charge is 2.56. The summed E-state index contributed by atoms with van der Waals surface area (Å²) >= 11 is 0. The summed E-state index contributed by atoms with van der Waals surface area (Å²) in [4.78, 5) is 32.5. The number of aliphatic hydroxyl groups excluding tert-OH is 1. The van der Waals surface area contributed by atoms with Crippen molar-refractivity contribution >= 4 is 22.7 Å². The van der Waals surface area contributed by atoms with Gasteiger partial charge in [-0.1, -0.05) is 0 Å². The topological polar surface area (TPSA) is 87.5 Å². The Morgan fingerprint density at radius 2 is 1.91 bits per heavy atom. The third kappa shape index (κ3) is 3.63. The number of amides is 2. The Morgan fingerprint density at radius 1 is 1.17 bits per heavy atom. The molecule has 1 atom stereocenters. The summed E-state index contributed by atoms with van der Waals surface area (Å²) in [6.07, 6.45) is 1.97. The largest absolute Gasteiger partial charge is 0.497 e. The van der Waals surface area contributed by atoms with E-state index in [-0.39, 0.29) is 29.8 Å². The van der Waals surface area contributed by atoms with Gasteiger partial charge in [0.1, 0.15) is 5.75 Å². The highest BCUT2D eigenvalue weighted by atomic mass is 16.5. The molecule has 0 unspecified atom stereocenters. The Labute approximate surface area is 205 Å². The zero-order valence-corrected chi connectivity index (χ0v) is 20.5. The molecule has 2 saturated heterocycles. The predicted octanol–water partition coefficient (Wildman–Crippen LogP) is 0.885. The molecule has 4 heterocycles. The number of hydrogen-bond acceptors (Lipinski definition) is 6. The fraction of sp³-hybridized carbons (Fsp3) is 0.615. The van der Waals surface area contributed by atoms with E-state index in [4.69, 9.17) is 9.47 Å². The number of nitrogens with zero attached hydrogens (tertiary/aromatic N) is 4. The number of likely N-dealkylation sites (tertiary alicyclic amines) is 1. The first-order valence-electron chi connectivity index (χ1n) is 12.6. The summed E-state index contributed by atoms with van der Waals surface area (Å²) in [5.74, 6) is 1.21. The molecule has 9 heteroatoms. The molecule has 1 N–H and O–H groups in total. The second-order valence-electron chi connectivity index (χ2n) is 10.6. The lowest BCUT2D eigenvalue weighted by molar-refractivity contribution is -0.147. The predicted molar refractivity (Wildman–Crippen MR) is 129 cm³/mol. The minimum absolute atomic E-state index is 0.0192. The number of methoxy groups -OCH3 is 1. The fourth-order valence-corrected chi connectivity index (χ4v) is 6.35. The number of morpholine rings is 1. The van der Waals surface area contributed by atoms with E-state index in [1.54, 1.807) is 7.11 Å². The first-order valence-corrected chi connectivity index (χ1v) is 12.6. The van der Waals surface area contributed by atoms with Crippen molar-refractivity contribution in [3.8, 4) is 5.75 Å². The summed E-state index contributed by atoms with van der Waals surface area (Å²) in [5.41, 5.74) is 2.82. The molecule has 2 aromatic rings. The third-order valence-electron chi connectivity index (χ3n) is 8.33. The molecule has 35 heavy (non-hydrogen) atoms. The van der Waals surface area contributed by atoms with Gasteiger partial charge in [0.25, 0.3) is 0 Å². The van der Waals surface area contributed by atoms with Gasteiger partial charge in [0, 0.05) is 62.8 Å². The van der Waals surface area contributed by atoms with E-state index in [0.29, 0.717) is 39.4 Å². The molecule has 2 amide bonds. The van der Waals surface area contributed by atoms with Crippen LogP contribution in [0.5, 0.6) is 5.75 Å². The van der Waals surface area contributed by atoms with Crippen LogP contribution in [0.15, 0.2) is 18.2 Å². The van der Waals surface area contributed by atoms with Crippen molar-refractivity contribution < 1.29 is 24.2 Å². The van der Waals surface area contributed by atoms with E-state index >= 15 is 0 Å². The molecule has 9 nitrogen and oxygen atoms in total. The van der Waals surface area contributed by atoms with E-state index in [1.165, 1.54) is 5.56 Å². The number of aromatic nitrogens is 1. The normalized spacial score (nSPS) is 23.9. The first kappa shape index (κ1) is 22.8. The lowest BCUT2D eigenvalue weighted by Gasteiger charge is -2.56. The molecule has 0 radical (unpaired) electrons. The van der Waals surface area contributed by atoms with E-state index < -0.39 is 6.04 Å². The van der Waals surface area contributed by atoms with Gasteiger partial charge in [-0.2, -0.15) is 0 Å². The molecular formula is C26H34N4O5. The van der Waals surface area contributed by atoms with Gasteiger partial charge in [-0.25, -0.2) is 0 Å². The van der Waals surface area contributed by atoms with Crippen LogP contribution in [-0.2, 0) is 26.8 Å². The van der Waals surface area contributed by atoms with Gasteiger partial charge in [-0.3, -0.25) is 14.5 Å². The number of aryl methyl sites for hydroxylation is 1. The lowest BCUT2D eigenvalue weighted by Crippen LogP contribution is -2.68. The Morgan fingerprint density at radius 3 is 2.57 bits per heavy atom. The third-order valence-corrected chi connectivity index (χ3v) is 8.33. The van der Waals surface area contributed by atoms with Gasteiger partial charge in [0.05, 0.1) is 50.4 Å². The molecule has 1 aromatic heterocycles. The Bertz CT molecular complexity index is 1160. The molecule has 4 aliphatic rings. The quantitative estimate of drug-likeness (QED) is 0.681. The molecular weight excluding hydrogens is 448 g/mol. The number of benzene rings is 1. The standard InChI is InChI=1S/C26H34N4O5/c1-27-20-11-18(34-2)5-6-19(20)23-24(27)21(13-31)30(22(32)12-28-7-9-35-10-8-28)16-26(23)14-29(15-26)25(33)17-3-4-17/h5-6,11,17,21,31H,3-4,7-10,12-16H2,1-2H3/t21-/m0/s1. The highest BCUT2D eigenvalue weighted by molar-refractivity contribution is 5.91. The molecule has 3 aliphatic heterocycles. The first-order chi connectivity index (χ1) is 17.0. The van der Waals surface area contributed by atoms with Crippen LogP contribution in [0.25, 0.3) is 10.9 Å². The maximum Gasteiger partial charge on any atom is 0.237 e. The van der Waals surface area contributed by atoms with Crippen molar-refractivity contribution in [2.24, 2.45) is 13.0 Å². The molecule has 188 valence electrons. The van der Waals surface area contributed by atoms with E-state index in [1.807, 2.05) is 29.0 Å². The molecule has 0 bridgehead atoms. The van der Waals surface area contributed by atoms with Gasteiger partial charge < -0.3 is 28.9 Å². The number of aliphatic hydroxyl groups is 1. The molecule has 1 saturated carbocycles. The maximum absolute atomic E-state index is 13.7. The average molecular weight is 483 g/mol. The van der Waals surface area contributed by atoms with Gasteiger partial charge in [-0.15, -0.1) is 0 Å². The number of rotatable bonds is 5. The number of ether oxygens (including phenoxy) is 2. The molecule has 3 fully saturated rings. The number of carbonyl (C=O) groups is 2. The van der Waals surface area contributed by atoms with E-state index in [9.17, 15) is 14.7 Å². The van der Waals surface area contributed by atoms with Crippen LogP contribution in [0.4, 0.5) is 0 Å². The summed E-state index contributed by atoms with van der Waals surface area (Å²) in [6.45, 7) is 4.63. The SMILES string of the molecule is COc1ccc2c3c(n(C)c2c1)[C@H](CO)N(C(=O)CN1CCOCC1)CC31CN(C(=O)C2CC2)C1. The van der Waals surface area contributed by atoms with Crippen LogP contribution in [0.2, 0.25) is 0 Å². The summed E-state index contributed by atoms with van der Waals surface area (Å²) in [5, 5.41) is 11.7. The van der Waals surface area contributed by atoms with Crippen LogP contribution in [-0.4, -0.2) is 102 Å². The fourth-order valence-electron chi connectivity index (χ4n) is 6.35. The van der Waals surface area contributed by atoms with E-state index in [2.05, 4.69) is 15.5 Å². The number of hydrogen-bond donors (Lipinski definition) is 1. The number of carbonyl (C=O) groups excluding carboxylic acids is 2. The highest BCUT2D eigenvalue weighted by Crippen LogP contribution is 2.50. The Hall–Kier alpha value is -2.62. The van der Waals surface area contributed by atoms with Gasteiger partial charge in [-0.05, 0) is 30.5 Å². The van der Waals surface area contributed by atoms with Gasteiger partial charge in [0.2, 0.25) is 11.8 Å². The van der Waals surface area contributed by atoms with Crippen LogP contribution >= 0.6 is 0 Å². The van der Waals surface area contributed by atoms with Crippen LogP contribution in [0, 0.1) is 5.92 Å². The van der Waals surface area contributed by atoms with Crippen molar-refractivity contribution in [1.29, 1.82) is 0 Å². The summed E-state index contributed by atoms with van der Waals surface area (Å²) < 4.78 is 13.0. The lowest BCUT2D eigenvalue weighted by atomic mass is 9.68. The van der Waals surface area contributed by atoms with Gasteiger partial charge >= 0.3 is 0 Å². The van der Waals surface area contributed by atoms with Crippen molar-refractivity contribution in [2.45, 2.75) is 24.3 Å². The van der Waals surface area contributed by atoms with E-state index in [0.717, 1.165) is 48.3 Å². The second kappa shape index (κ2) is 8.50.